The summed E-state index contributed by atoms with van der Waals surface area (Å²) in [6.07, 6.45) is -0.719. The van der Waals surface area contributed by atoms with Gasteiger partial charge in [0.25, 0.3) is 5.91 Å². The van der Waals surface area contributed by atoms with Crippen molar-refractivity contribution in [2.75, 3.05) is 31.6 Å². The van der Waals surface area contributed by atoms with Crippen molar-refractivity contribution in [1.82, 2.24) is 20.2 Å². The summed E-state index contributed by atoms with van der Waals surface area (Å²) in [5.41, 5.74) is 1.07. The smallest absolute Gasteiger partial charge is 0.423 e. The molecule has 0 radical (unpaired) electrons. The third kappa shape index (κ3) is 7.96. The van der Waals surface area contributed by atoms with Gasteiger partial charge in [-0.1, -0.05) is 18.2 Å². The maximum Gasteiger partial charge on any atom is 0.423 e. The van der Waals surface area contributed by atoms with Gasteiger partial charge in [0.05, 0.1) is 12.2 Å². The number of aryl methyl sites for hydroxylation is 1. The van der Waals surface area contributed by atoms with Crippen LogP contribution in [0.15, 0.2) is 55.3 Å². The second-order valence-electron chi connectivity index (χ2n) is 10.3. The van der Waals surface area contributed by atoms with Gasteiger partial charge in [0.2, 0.25) is 11.8 Å². The molecule has 2 heterocycles. The van der Waals surface area contributed by atoms with E-state index < -0.39 is 17.6 Å². The molecule has 0 bridgehead atoms. The fraction of sp³-hybridized carbons (Fsp3) is 0.355. The van der Waals surface area contributed by atoms with Crippen LogP contribution in [0.2, 0.25) is 0 Å². The average Bonchev–Trinajstić information content (AvgIpc) is 2.95. The van der Waals surface area contributed by atoms with Gasteiger partial charge in [0.15, 0.2) is 5.78 Å². The van der Waals surface area contributed by atoms with Gasteiger partial charge < -0.3 is 25.4 Å². The maximum atomic E-state index is 13.9. The molecule has 0 unspecified atom stereocenters. The van der Waals surface area contributed by atoms with Gasteiger partial charge in [-0.05, 0) is 68.5 Å². The predicted molar refractivity (Wildman–Crippen MR) is 156 cm³/mol. The Morgan fingerprint density at radius 1 is 1.21 bits per heavy atom. The molecule has 12 heteroatoms. The molecule has 228 valence electrons. The quantitative estimate of drug-likeness (QED) is 0.197. The number of Topliss-reactive ketones (excluding diaryl/α,β-unsaturated/α-hetero) is 1. The van der Waals surface area contributed by atoms with Crippen molar-refractivity contribution in [3.05, 3.63) is 83.1 Å². The Bertz CT molecular complexity index is 1490. The molecule has 0 spiro atoms. The fourth-order valence-corrected chi connectivity index (χ4v) is 4.97. The number of halogens is 3. The number of aliphatic hydroxyl groups excluding tert-OH is 1. The Balaban J connectivity index is 1.54. The summed E-state index contributed by atoms with van der Waals surface area (Å²) in [4.78, 5) is 35.2. The van der Waals surface area contributed by atoms with Crippen LogP contribution < -0.4 is 15.4 Å². The molecule has 0 aliphatic carbocycles. The lowest BCUT2D eigenvalue weighted by molar-refractivity contribution is -0.139. The number of β-amino-alcohol motifs (C(OH)–C–C–N with tert-alkyl or cyclic N) is 1. The molecule has 1 saturated heterocycles. The number of alkyl halides is 3. The number of piperidine rings is 1. The van der Waals surface area contributed by atoms with Gasteiger partial charge >= 0.3 is 6.18 Å². The number of allylic oxidation sites excluding steroid dienone is 1. The zero-order valence-electron chi connectivity index (χ0n) is 24.0. The Morgan fingerprint density at radius 2 is 1.95 bits per heavy atom. The fourth-order valence-electron chi connectivity index (χ4n) is 4.97. The molecule has 43 heavy (non-hydrogen) atoms. The molecule has 1 fully saturated rings. The average molecular weight is 598 g/mol. The summed E-state index contributed by atoms with van der Waals surface area (Å²) in [5, 5.41) is 15.0. The van der Waals surface area contributed by atoms with Crippen LogP contribution in [0, 0.1) is 6.92 Å². The number of hydrogen-bond donors (Lipinski definition) is 3. The number of ketones is 1. The highest BCUT2D eigenvalue weighted by molar-refractivity contribution is 5.98. The van der Waals surface area contributed by atoms with Crippen LogP contribution in [0.3, 0.4) is 0 Å². The molecule has 0 atom stereocenters. The zero-order chi connectivity index (χ0) is 31.1. The summed E-state index contributed by atoms with van der Waals surface area (Å²) < 4.78 is 47.2. The van der Waals surface area contributed by atoms with Gasteiger partial charge in [-0.15, -0.1) is 6.58 Å². The van der Waals surface area contributed by atoms with Crippen LogP contribution in [0.1, 0.15) is 57.2 Å². The third-order valence-corrected chi connectivity index (χ3v) is 7.17. The number of aliphatic hydroxyl groups is 1. The first-order valence-corrected chi connectivity index (χ1v) is 13.9. The van der Waals surface area contributed by atoms with E-state index in [2.05, 4.69) is 32.1 Å². The topological polar surface area (TPSA) is 117 Å². The Kier molecular flexibility index (Phi) is 10.1. The monoisotopic (exact) mass is 597 g/mol. The number of rotatable bonds is 11. The molecule has 1 aliphatic heterocycles. The minimum absolute atomic E-state index is 0.0282. The molecule has 3 N–H and O–H groups in total. The minimum Gasteiger partial charge on any atom is -0.437 e. The number of anilines is 2. The van der Waals surface area contributed by atoms with E-state index in [1.54, 1.807) is 43.3 Å². The van der Waals surface area contributed by atoms with Crippen molar-refractivity contribution in [2.24, 2.45) is 0 Å². The van der Waals surface area contributed by atoms with Crippen LogP contribution in [0.25, 0.3) is 0 Å². The lowest BCUT2D eigenvalue weighted by Gasteiger charge is -2.31. The van der Waals surface area contributed by atoms with Crippen molar-refractivity contribution < 1.29 is 32.6 Å². The number of likely N-dealkylation sites (tertiary alicyclic amines) is 1. The molecule has 1 amide bonds. The number of nitrogens with one attached hydrogen (secondary N) is 2. The first-order chi connectivity index (χ1) is 20.5. The molecule has 4 rings (SSSR count). The van der Waals surface area contributed by atoms with Crippen molar-refractivity contribution in [2.45, 2.75) is 45.3 Å². The SMILES string of the molecule is C=CCc1cccc(Oc2nc(Nc3ccc(C(=O)NC4CCN(CCO)CC4)cc3C)ncc2C(F)(F)F)c1C(C)=O. The van der Waals surface area contributed by atoms with E-state index in [1.165, 1.54) is 13.0 Å². The van der Waals surface area contributed by atoms with Crippen LogP contribution >= 0.6 is 0 Å². The molecule has 0 saturated carbocycles. The third-order valence-electron chi connectivity index (χ3n) is 7.17. The molecule has 9 nitrogen and oxygen atoms in total. The highest BCUT2D eigenvalue weighted by Gasteiger charge is 2.37. The van der Waals surface area contributed by atoms with E-state index in [9.17, 15) is 22.8 Å². The van der Waals surface area contributed by atoms with E-state index in [-0.39, 0.29) is 41.6 Å². The summed E-state index contributed by atoms with van der Waals surface area (Å²) in [7, 11) is 0. The lowest BCUT2D eigenvalue weighted by Crippen LogP contribution is -2.45. The number of aromatic nitrogens is 2. The van der Waals surface area contributed by atoms with E-state index >= 15 is 0 Å². The largest absolute Gasteiger partial charge is 0.437 e. The van der Waals surface area contributed by atoms with Crippen molar-refractivity contribution >= 4 is 23.3 Å². The standard InChI is InChI=1S/C31H34F3N5O4/c1-4-6-21-7-5-8-26(27(21)20(3)41)43-29-24(31(32,33)34)18-35-30(38-29)37-25-10-9-22(17-19(25)2)28(42)36-23-11-13-39(14-12-23)15-16-40/h4-5,7-10,17-18,23,40H,1,6,11-16H2,2-3H3,(H,36,42)(H,35,37,38). The number of hydrogen-bond acceptors (Lipinski definition) is 8. The van der Waals surface area contributed by atoms with Gasteiger partial charge in [-0.2, -0.15) is 18.2 Å². The van der Waals surface area contributed by atoms with Gasteiger partial charge in [-0.25, -0.2) is 4.98 Å². The summed E-state index contributed by atoms with van der Waals surface area (Å²) in [6, 6.07) is 9.60. The minimum atomic E-state index is -4.82. The molecule has 1 aromatic heterocycles. The maximum absolute atomic E-state index is 13.9. The van der Waals surface area contributed by atoms with E-state index in [0.717, 1.165) is 25.9 Å². The normalized spacial score (nSPS) is 14.3. The van der Waals surface area contributed by atoms with Crippen LogP contribution in [-0.4, -0.2) is 63.9 Å². The molecule has 3 aromatic rings. The first-order valence-electron chi connectivity index (χ1n) is 13.9. The van der Waals surface area contributed by atoms with Crippen molar-refractivity contribution in [3.8, 4) is 11.6 Å². The Labute approximate surface area is 247 Å². The number of carbonyl (C=O) groups is 2. The highest BCUT2D eigenvalue weighted by atomic mass is 19.4. The van der Waals surface area contributed by atoms with E-state index in [4.69, 9.17) is 9.84 Å². The lowest BCUT2D eigenvalue weighted by atomic mass is 10.0. The Hall–Kier alpha value is -4.29. The second-order valence-corrected chi connectivity index (χ2v) is 10.3. The van der Waals surface area contributed by atoms with Crippen LogP contribution in [0.4, 0.5) is 24.8 Å². The van der Waals surface area contributed by atoms with Crippen molar-refractivity contribution in [1.29, 1.82) is 0 Å². The second kappa shape index (κ2) is 13.8. The van der Waals surface area contributed by atoms with E-state index in [1.807, 2.05) is 0 Å². The number of ether oxygens (including phenoxy) is 1. The highest BCUT2D eigenvalue weighted by Crippen LogP contribution is 2.38. The number of amides is 1. The predicted octanol–water partition coefficient (Wildman–Crippen LogP) is 5.46. The Morgan fingerprint density at radius 3 is 2.58 bits per heavy atom. The number of carbonyl (C=O) groups excluding carboxylic acids is 2. The number of benzene rings is 2. The molecular weight excluding hydrogens is 563 g/mol. The molecule has 2 aromatic carbocycles. The summed E-state index contributed by atoms with van der Waals surface area (Å²) >= 11 is 0. The van der Waals surface area contributed by atoms with Crippen LogP contribution in [0.5, 0.6) is 11.6 Å². The van der Waals surface area contributed by atoms with Gasteiger partial charge in [0, 0.05) is 43.1 Å². The molecular formula is C31H34F3N5O4. The zero-order valence-corrected chi connectivity index (χ0v) is 24.0. The van der Waals surface area contributed by atoms with Gasteiger partial charge in [0.1, 0.15) is 11.3 Å². The van der Waals surface area contributed by atoms with E-state index in [0.29, 0.717) is 41.5 Å². The van der Waals surface area contributed by atoms with Crippen LogP contribution in [-0.2, 0) is 12.6 Å². The van der Waals surface area contributed by atoms with Crippen molar-refractivity contribution in [3.63, 3.8) is 0 Å². The summed E-state index contributed by atoms with van der Waals surface area (Å²) in [6.45, 7) is 9.03. The molecule has 1 aliphatic rings. The van der Waals surface area contributed by atoms with Gasteiger partial charge in [-0.3, -0.25) is 9.59 Å². The first kappa shape index (κ1) is 31.6. The summed E-state index contributed by atoms with van der Waals surface area (Å²) in [5.74, 6) is -1.59. The number of nitrogens with zero attached hydrogens (tertiary/aromatic N) is 3.